The van der Waals surface area contributed by atoms with Crippen LogP contribution in [0.5, 0.6) is 0 Å². The van der Waals surface area contributed by atoms with Gasteiger partial charge < -0.3 is 9.97 Å². The molecule has 0 aliphatic carbocycles. The Bertz CT molecular complexity index is 1780. The number of para-hydroxylation sites is 1. The fraction of sp³-hybridized carbons (Fsp3) is 0. The number of rotatable bonds is 2. The van der Waals surface area contributed by atoms with Gasteiger partial charge in [-0.1, -0.05) is 42.5 Å². The van der Waals surface area contributed by atoms with Gasteiger partial charge in [-0.25, -0.2) is 0 Å². The van der Waals surface area contributed by atoms with E-state index in [0.717, 1.165) is 37.6 Å². The number of hydrogen-bond donors (Lipinski definition) is 2. The Balaban J connectivity index is 0.000000191. The third-order valence-corrected chi connectivity index (χ3v) is 7.06. The number of thiazole rings is 1. The van der Waals surface area contributed by atoms with Crippen LogP contribution in [0.2, 0.25) is 0 Å². The lowest BCUT2D eigenvalue weighted by atomic mass is 10.0. The number of aromatic nitrogens is 4. The zero-order valence-electron chi connectivity index (χ0n) is 18.6. The summed E-state index contributed by atoms with van der Waals surface area (Å²) < 4.78 is 2.08. The van der Waals surface area contributed by atoms with Crippen LogP contribution in [0.15, 0.2) is 109 Å². The molecule has 0 saturated heterocycles. The first-order valence-corrected chi connectivity index (χ1v) is 12.4. The first kappa shape index (κ1) is 21.4. The predicted molar refractivity (Wildman–Crippen MR) is 149 cm³/mol. The summed E-state index contributed by atoms with van der Waals surface area (Å²) in [5, 5.41) is 3.66. The normalized spacial score (nSPS) is 11.0. The summed E-state index contributed by atoms with van der Waals surface area (Å²) in [7, 11) is 0. The van der Waals surface area contributed by atoms with Crippen LogP contribution >= 0.6 is 23.6 Å². The Kier molecular flexibility index (Phi) is 5.66. The Morgan fingerprint density at radius 3 is 2.17 bits per heavy atom. The molecule has 6 heteroatoms. The largest absolute Gasteiger partial charge is 0.353 e. The predicted octanol–water partition coefficient (Wildman–Crippen LogP) is 8.40. The second kappa shape index (κ2) is 9.25. The second-order valence-electron chi connectivity index (χ2n) is 8.09. The number of nitrogens with zero attached hydrogens (tertiary/aromatic N) is 2. The maximum Gasteiger partial charge on any atom is 0.159 e. The monoisotopic (exact) mass is 488 g/mol. The molecule has 0 spiro atoms. The van der Waals surface area contributed by atoms with Crippen molar-refractivity contribution >= 4 is 55.4 Å². The van der Waals surface area contributed by atoms with E-state index in [1.54, 1.807) is 11.3 Å². The SMILES string of the molecule is S=c1[nH]c2ccccc2s1.c1ccc(-c2ccc3c(ccc4[nH]c(-c5ccccn5)cc43)c2)nc1. The maximum absolute atomic E-state index is 4.98. The van der Waals surface area contributed by atoms with Crippen LogP contribution in [0.1, 0.15) is 0 Å². The number of fused-ring (bicyclic) bond motifs is 4. The van der Waals surface area contributed by atoms with Crippen molar-refractivity contribution in [2.45, 2.75) is 0 Å². The molecule has 4 aromatic heterocycles. The van der Waals surface area contributed by atoms with Crippen molar-refractivity contribution in [3.05, 3.63) is 113 Å². The molecule has 0 bridgehead atoms. The van der Waals surface area contributed by atoms with Gasteiger partial charge in [0.15, 0.2) is 3.95 Å². The summed E-state index contributed by atoms with van der Waals surface area (Å²) in [6.07, 6.45) is 3.64. The van der Waals surface area contributed by atoms with Crippen molar-refractivity contribution in [2.75, 3.05) is 0 Å². The second-order valence-corrected chi connectivity index (χ2v) is 9.81. The minimum atomic E-state index is 0.848. The standard InChI is InChI=1S/C22H15N3.C7H5NS2/c1-3-11-23-19(5-1)16-7-9-17-15(13-16)8-10-20-18(17)14-22(25-20)21-6-2-4-12-24-21;9-7-8-5-3-1-2-4-6(5)10-7/h1-14,25H;1-4H,(H,8,9). The topological polar surface area (TPSA) is 57.4 Å². The molecular formula is C29H20N4S2. The summed E-state index contributed by atoms with van der Waals surface area (Å²) in [5.74, 6) is 0. The van der Waals surface area contributed by atoms with E-state index in [1.165, 1.54) is 20.9 Å². The molecule has 0 aliphatic rings. The molecule has 35 heavy (non-hydrogen) atoms. The van der Waals surface area contributed by atoms with Crippen molar-refractivity contribution in [1.82, 2.24) is 19.9 Å². The van der Waals surface area contributed by atoms with Crippen molar-refractivity contribution in [1.29, 1.82) is 0 Å². The summed E-state index contributed by atoms with van der Waals surface area (Å²) in [4.78, 5) is 15.5. The lowest BCUT2D eigenvalue weighted by Crippen LogP contribution is -1.82. The zero-order chi connectivity index (χ0) is 23.6. The lowest BCUT2D eigenvalue weighted by molar-refractivity contribution is 1.29. The van der Waals surface area contributed by atoms with E-state index in [9.17, 15) is 0 Å². The Labute approximate surface area is 211 Å². The van der Waals surface area contributed by atoms with Gasteiger partial charge in [0.2, 0.25) is 0 Å². The van der Waals surface area contributed by atoms with E-state index in [0.29, 0.717) is 0 Å². The van der Waals surface area contributed by atoms with E-state index < -0.39 is 0 Å². The minimum Gasteiger partial charge on any atom is -0.353 e. The Morgan fingerprint density at radius 2 is 1.40 bits per heavy atom. The summed E-state index contributed by atoms with van der Waals surface area (Å²) in [6, 6.07) is 33.0. The van der Waals surface area contributed by atoms with Crippen LogP contribution in [0, 0.1) is 3.95 Å². The van der Waals surface area contributed by atoms with E-state index in [1.807, 2.05) is 67.0 Å². The molecule has 0 atom stereocenters. The molecule has 0 unspecified atom stereocenters. The van der Waals surface area contributed by atoms with Gasteiger partial charge in [0.05, 0.1) is 27.3 Å². The van der Waals surface area contributed by atoms with Crippen LogP contribution in [0.25, 0.3) is 54.5 Å². The number of hydrogen-bond acceptors (Lipinski definition) is 4. The first-order chi connectivity index (χ1) is 17.2. The molecular weight excluding hydrogens is 468 g/mol. The van der Waals surface area contributed by atoms with Crippen molar-refractivity contribution in [3.8, 4) is 22.6 Å². The van der Waals surface area contributed by atoms with Crippen LogP contribution in [0.3, 0.4) is 0 Å². The Morgan fingerprint density at radius 1 is 0.629 bits per heavy atom. The molecule has 3 aromatic carbocycles. The van der Waals surface area contributed by atoms with Crippen molar-refractivity contribution < 1.29 is 0 Å². The number of pyridine rings is 2. The van der Waals surface area contributed by atoms with Gasteiger partial charge in [-0.2, -0.15) is 0 Å². The number of benzene rings is 3. The highest BCUT2D eigenvalue weighted by Crippen LogP contribution is 2.31. The molecule has 4 nitrogen and oxygen atoms in total. The number of H-pyrrole nitrogens is 2. The van der Waals surface area contributed by atoms with E-state index >= 15 is 0 Å². The highest BCUT2D eigenvalue weighted by molar-refractivity contribution is 7.73. The van der Waals surface area contributed by atoms with Gasteiger partial charge in [0, 0.05) is 28.9 Å². The Hall–Kier alpha value is -4.13. The molecule has 0 amide bonds. The molecule has 0 aliphatic heterocycles. The van der Waals surface area contributed by atoms with Crippen LogP contribution < -0.4 is 0 Å². The third kappa shape index (κ3) is 4.37. The highest BCUT2D eigenvalue weighted by Gasteiger charge is 2.08. The molecule has 7 aromatic rings. The molecule has 4 heterocycles. The van der Waals surface area contributed by atoms with E-state index in [-0.39, 0.29) is 0 Å². The van der Waals surface area contributed by atoms with Crippen LogP contribution in [-0.2, 0) is 0 Å². The van der Waals surface area contributed by atoms with Gasteiger partial charge in [0.25, 0.3) is 0 Å². The lowest BCUT2D eigenvalue weighted by Gasteiger charge is -2.04. The molecule has 168 valence electrons. The average Bonchev–Trinajstić information content (AvgIpc) is 3.53. The van der Waals surface area contributed by atoms with Gasteiger partial charge in [0.1, 0.15) is 0 Å². The van der Waals surface area contributed by atoms with E-state index in [2.05, 4.69) is 62.4 Å². The molecule has 7 rings (SSSR count). The quantitative estimate of drug-likeness (QED) is 0.240. The van der Waals surface area contributed by atoms with Gasteiger partial charge in [-0.15, -0.1) is 11.3 Å². The van der Waals surface area contributed by atoms with Gasteiger partial charge in [-0.3, -0.25) is 9.97 Å². The number of aromatic amines is 2. The van der Waals surface area contributed by atoms with Crippen molar-refractivity contribution in [3.63, 3.8) is 0 Å². The van der Waals surface area contributed by atoms with E-state index in [4.69, 9.17) is 12.2 Å². The summed E-state index contributed by atoms with van der Waals surface area (Å²) in [6.45, 7) is 0. The molecule has 2 N–H and O–H groups in total. The van der Waals surface area contributed by atoms with Crippen LogP contribution in [-0.4, -0.2) is 19.9 Å². The fourth-order valence-corrected chi connectivity index (χ4v) is 5.31. The van der Waals surface area contributed by atoms with Crippen molar-refractivity contribution in [2.24, 2.45) is 0 Å². The first-order valence-electron chi connectivity index (χ1n) is 11.2. The third-order valence-electron chi connectivity index (χ3n) is 5.85. The zero-order valence-corrected chi connectivity index (χ0v) is 20.2. The van der Waals surface area contributed by atoms with Gasteiger partial charge in [-0.05, 0) is 77.6 Å². The smallest absolute Gasteiger partial charge is 0.159 e. The molecule has 0 fully saturated rings. The maximum atomic E-state index is 4.98. The number of nitrogens with one attached hydrogen (secondary N) is 2. The minimum absolute atomic E-state index is 0.848. The summed E-state index contributed by atoms with van der Waals surface area (Å²) >= 11 is 6.59. The van der Waals surface area contributed by atoms with Gasteiger partial charge >= 0.3 is 0 Å². The summed E-state index contributed by atoms with van der Waals surface area (Å²) in [5.41, 5.74) is 6.38. The molecule has 0 saturated carbocycles. The highest BCUT2D eigenvalue weighted by atomic mass is 32.1. The molecule has 0 radical (unpaired) electrons. The fourth-order valence-electron chi connectivity index (χ4n) is 4.19. The van der Waals surface area contributed by atoms with Crippen LogP contribution in [0.4, 0.5) is 0 Å². The average molecular weight is 489 g/mol.